The first-order chi connectivity index (χ1) is 14.0. The van der Waals surface area contributed by atoms with Gasteiger partial charge in [0, 0.05) is 25.0 Å². The van der Waals surface area contributed by atoms with E-state index in [2.05, 4.69) is 4.90 Å². The molecule has 4 rings (SSSR count). The van der Waals surface area contributed by atoms with Gasteiger partial charge in [-0.25, -0.2) is 9.59 Å². The molecule has 1 fully saturated rings. The average Bonchev–Trinajstić information content (AvgIpc) is 2.72. The summed E-state index contributed by atoms with van der Waals surface area (Å²) >= 11 is 0. The molecule has 0 saturated carbocycles. The van der Waals surface area contributed by atoms with E-state index in [9.17, 15) is 9.59 Å². The molecule has 2 aromatic carbocycles. The Kier molecular flexibility index (Phi) is 5.47. The molecule has 1 aliphatic rings. The second kappa shape index (κ2) is 8.19. The summed E-state index contributed by atoms with van der Waals surface area (Å²) in [7, 11) is 0. The quantitative estimate of drug-likeness (QED) is 0.384. The molecular weight excluding hydrogens is 370 g/mol. The van der Waals surface area contributed by atoms with Crippen LogP contribution in [0.25, 0.3) is 11.0 Å². The van der Waals surface area contributed by atoms with Gasteiger partial charge in [-0.2, -0.15) is 0 Å². The number of rotatable bonds is 4. The second-order valence-electron chi connectivity index (χ2n) is 7.31. The molecule has 2 heterocycles. The molecule has 1 aromatic heterocycles. The van der Waals surface area contributed by atoms with E-state index >= 15 is 0 Å². The van der Waals surface area contributed by atoms with Gasteiger partial charge in [0.05, 0.1) is 13.2 Å². The third kappa shape index (κ3) is 4.23. The van der Waals surface area contributed by atoms with E-state index in [1.54, 1.807) is 18.2 Å². The highest BCUT2D eigenvalue weighted by atomic mass is 16.5. The third-order valence-corrected chi connectivity index (χ3v) is 5.20. The number of hydrogen-bond donors (Lipinski definition) is 0. The maximum atomic E-state index is 12.6. The number of ether oxygens (including phenoxy) is 2. The number of fused-ring (bicyclic) bond motifs is 1. The van der Waals surface area contributed by atoms with Crippen LogP contribution in [0.15, 0.2) is 51.7 Å². The van der Waals surface area contributed by atoms with Crippen LogP contribution in [0.4, 0.5) is 0 Å². The zero-order chi connectivity index (χ0) is 20.4. The zero-order valence-electron chi connectivity index (χ0n) is 16.6. The molecule has 6 nitrogen and oxygen atoms in total. The lowest BCUT2D eigenvalue weighted by atomic mass is 10.0. The van der Waals surface area contributed by atoms with Crippen molar-refractivity contribution >= 4 is 16.9 Å². The fraction of sp³-hybridized carbons (Fsp3) is 0.304. The lowest BCUT2D eigenvalue weighted by molar-refractivity contribution is 0.0341. The Morgan fingerprint density at radius 3 is 2.62 bits per heavy atom. The van der Waals surface area contributed by atoms with Crippen molar-refractivity contribution in [3.8, 4) is 5.75 Å². The van der Waals surface area contributed by atoms with Gasteiger partial charge in [-0.05, 0) is 48.7 Å². The largest absolute Gasteiger partial charge is 0.422 e. The van der Waals surface area contributed by atoms with Crippen LogP contribution in [0.1, 0.15) is 27.0 Å². The summed E-state index contributed by atoms with van der Waals surface area (Å²) in [6.45, 7) is 8.05. The lowest BCUT2D eigenvalue weighted by Crippen LogP contribution is -2.35. The number of hydrogen-bond acceptors (Lipinski definition) is 6. The third-order valence-electron chi connectivity index (χ3n) is 5.20. The van der Waals surface area contributed by atoms with Gasteiger partial charge in [0.15, 0.2) is 0 Å². The highest BCUT2D eigenvalue weighted by molar-refractivity contribution is 5.94. The van der Waals surface area contributed by atoms with Crippen molar-refractivity contribution in [2.24, 2.45) is 0 Å². The number of aryl methyl sites for hydroxylation is 2. The summed E-state index contributed by atoms with van der Waals surface area (Å²) < 4.78 is 16.2. The minimum absolute atomic E-state index is 0.113. The molecule has 0 unspecified atom stereocenters. The van der Waals surface area contributed by atoms with Crippen LogP contribution < -0.4 is 10.4 Å². The summed E-state index contributed by atoms with van der Waals surface area (Å²) in [5.74, 6) is -0.265. The molecule has 0 N–H and O–H groups in total. The topological polar surface area (TPSA) is 69.0 Å². The summed E-state index contributed by atoms with van der Waals surface area (Å²) in [5, 5.41) is 0.674. The van der Waals surface area contributed by atoms with Crippen molar-refractivity contribution in [3.05, 3.63) is 75.1 Å². The molecule has 0 aliphatic carbocycles. The highest BCUT2D eigenvalue weighted by Crippen LogP contribution is 2.25. The van der Waals surface area contributed by atoms with Crippen LogP contribution in [0.5, 0.6) is 5.75 Å². The molecule has 1 saturated heterocycles. The fourth-order valence-corrected chi connectivity index (χ4v) is 3.49. The first-order valence-electron chi connectivity index (χ1n) is 9.66. The Bertz CT molecular complexity index is 1110. The van der Waals surface area contributed by atoms with Gasteiger partial charge in [-0.3, -0.25) is 4.90 Å². The molecule has 6 heteroatoms. The van der Waals surface area contributed by atoms with Crippen LogP contribution in [-0.4, -0.2) is 37.2 Å². The van der Waals surface area contributed by atoms with Gasteiger partial charge in [0.25, 0.3) is 0 Å². The van der Waals surface area contributed by atoms with Crippen molar-refractivity contribution in [1.29, 1.82) is 0 Å². The number of carbonyl (C=O) groups is 1. The number of carbonyl (C=O) groups excluding carboxylic acids is 1. The van der Waals surface area contributed by atoms with E-state index in [1.165, 1.54) is 11.6 Å². The maximum absolute atomic E-state index is 12.6. The van der Waals surface area contributed by atoms with Gasteiger partial charge < -0.3 is 13.9 Å². The lowest BCUT2D eigenvalue weighted by Gasteiger charge is -2.27. The first-order valence-corrected chi connectivity index (χ1v) is 9.66. The summed E-state index contributed by atoms with van der Waals surface area (Å²) in [6.07, 6.45) is 0. The smallest absolute Gasteiger partial charge is 0.351 e. The Labute approximate surface area is 168 Å². The van der Waals surface area contributed by atoms with Crippen LogP contribution in [0, 0.1) is 13.8 Å². The van der Waals surface area contributed by atoms with Crippen molar-refractivity contribution < 1.29 is 18.7 Å². The molecular formula is C23H23NO5. The Balaban J connectivity index is 1.56. The molecule has 29 heavy (non-hydrogen) atoms. The molecule has 1 aliphatic heterocycles. The van der Waals surface area contributed by atoms with Crippen molar-refractivity contribution in [3.63, 3.8) is 0 Å². The molecule has 0 spiro atoms. The van der Waals surface area contributed by atoms with E-state index in [1.807, 2.05) is 32.0 Å². The maximum Gasteiger partial charge on any atom is 0.351 e. The average molecular weight is 393 g/mol. The van der Waals surface area contributed by atoms with Crippen LogP contribution in [0.3, 0.4) is 0 Å². The van der Waals surface area contributed by atoms with Gasteiger partial charge >= 0.3 is 11.6 Å². The minimum atomic E-state index is -0.715. The minimum Gasteiger partial charge on any atom is -0.422 e. The zero-order valence-corrected chi connectivity index (χ0v) is 16.6. The Hall–Kier alpha value is -2.96. The van der Waals surface area contributed by atoms with E-state index < -0.39 is 11.6 Å². The number of nitrogens with zero attached hydrogens (tertiary/aromatic N) is 1. The van der Waals surface area contributed by atoms with Gasteiger partial charge in [-0.1, -0.05) is 24.3 Å². The number of para-hydroxylation sites is 1. The second-order valence-corrected chi connectivity index (χ2v) is 7.31. The first kappa shape index (κ1) is 19.4. The summed E-state index contributed by atoms with van der Waals surface area (Å²) in [5.41, 5.74) is 2.70. The molecule has 3 aromatic rings. The van der Waals surface area contributed by atoms with Crippen molar-refractivity contribution in [1.82, 2.24) is 4.90 Å². The SMILES string of the molecule is Cc1cc(OC(=O)c2cc3ccccc3oc2=O)c(C)cc1CN1CCOCC1. The number of morpholine rings is 1. The normalized spacial score (nSPS) is 14.8. The summed E-state index contributed by atoms with van der Waals surface area (Å²) in [4.78, 5) is 27.2. The van der Waals surface area contributed by atoms with E-state index in [-0.39, 0.29) is 5.56 Å². The predicted octanol–water partition coefficient (Wildman–Crippen LogP) is 3.46. The van der Waals surface area contributed by atoms with Gasteiger partial charge in [-0.15, -0.1) is 0 Å². The fourth-order valence-electron chi connectivity index (χ4n) is 3.49. The van der Waals surface area contributed by atoms with Crippen molar-refractivity contribution in [2.75, 3.05) is 26.3 Å². The number of benzene rings is 2. The molecule has 0 radical (unpaired) electrons. The molecule has 0 amide bonds. The molecule has 0 atom stereocenters. The van der Waals surface area contributed by atoms with Gasteiger partial charge in [0.1, 0.15) is 16.9 Å². The Morgan fingerprint density at radius 1 is 1.07 bits per heavy atom. The molecule has 150 valence electrons. The Morgan fingerprint density at radius 2 is 1.83 bits per heavy atom. The van der Waals surface area contributed by atoms with E-state index in [4.69, 9.17) is 13.9 Å². The van der Waals surface area contributed by atoms with Crippen LogP contribution >= 0.6 is 0 Å². The standard InChI is InChI=1S/C23H23NO5/c1-15-12-21(16(2)11-18(15)14-24-7-9-27-10-8-24)29-23(26)19-13-17-5-3-4-6-20(17)28-22(19)25/h3-6,11-13H,7-10,14H2,1-2H3. The predicted molar refractivity (Wildman–Crippen MR) is 109 cm³/mol. The number of esters is 1. The van der Waals surface area contributed by atoms with Crippen LogP contribution in [0.2, 0.25) is 0 Å². The highest BCUT2D eigenvalue weighted by Gasteiger charge is 2.18. The summed E-state index contributed by atoms with van der Waals surface area (Å²) in [6, 6.07) is 12.5. The van der Waals surface area contributed by atoms with Crippen LogP contribution in [-0.2, 0) is 11.3 Å². The van der Waals surface area contributed by atoms with Crippen molar-refractivity contribution in [2.45, 2.75) is 20.4 Å². The van der Waals surface area contributed by atoms with E-state index in [0.29, 0.717) is 16.7 Å². The van der Waals surface area contributed by atoms with E-state index in [0.717, 1.165) is 44.0 Å². The van der Waals surface area contributed by atoms with Gasteiger partial charge in [0.2, 0.25) is 0 Å². The molecule has 0 bridgehead atoms. The monoisotopic (exact) mass is 393 g/mol.